The molecule has 4 rings (SSSR count). The number of methoxy groups -OCH3 is 2. The maximum Gasteiger partial charge on any atom is 0.246 e. The second-order valence-electron chi connectivity index (χ2n) is 7.68. The van der Waals surface area contributed by atoms with Gasteiger partial charge >= 0.3 is 0 Å². The number of fused-ring (bicyclic) bond motifs is 1. The van der Waals surface area contributed by atoms with Crippen molar-refractivity contribution in [2.24, 2.45) is 0 Å². The molecule has 1 saturated heterocycles. The summed E-state index contributed by atoms with van der Waals surface area (Å²) in [4.78, 5) is 32.2. The molecule has 1 aromatic heterocycles. The fraction of sp³-hybridized carbons (Fsp3) is 0.280. The fourth-order valence-corrected chi connectivity index (χ4v) is 3.95. The summed E-state index contributed by atoms with van der Waals surface area (Å²) in [5, 5.41) is 1.08. The van der Waals surface area contributed by atoms with Crippen LogP contribution in [-0.4, -0.2) is 67.0 Å². The number of para-hydroxylation sites is 1. The number of ether oxygens (including phenoxy) is 2. The van der Waals surface area contributed by atoms with Crippen LogP contribution in [0.2, 0.25) is 0 Å². The Hall–Kier alpha value is -3.74. The molecule has 7 heteroatoms. The minimum absolute atomic E-state index is 0.0772. The van der Waals surface area contributed by atoms with Gasteiger partial charge in [0.1, 0.15) is 11.5 Å². The van der Waals surface area contributed by atoms with E-state index in [-0.39, 0.29) is 11.8 Å². The van der Waals surface area contributed by atoms with E-state index < -0.39 is 0 Å². The Morgan fingerprint density at radius 1 is 1.00 bits per heavy atom. The van der Waals surface area contributed by atoms with Crippen LogP contribution in [-0.2, 0) is 16.0 Å². The maximum absolute atomic E-state index is 12.8. The number of aromatic nitrogens is 1. The average Bonchev–Trinajstić information content (AvgIpc) is 3.25. The standard InChI is InChI=1S/C25H27N3O4/c1-31-20-9-7-18(23(16-20)32-2)8-10-24(29)27-11-13-28(14-12-27)25(30)15-19-17-26-22-6-4-3-5-21(19)22/h3-10,16-17,26H,11-15H2,1-2H3/b10-8+. The molecule has 1 aliphatic heterocycles. The minimum atomic E-state index is -0.0772. The van der Waals surface area contributed by atoms with Gasteiger partial charge in [-0.25, -0.2) is 0 Å². The van der Waals surface area contributed by atoms with Crippen molar-refractivity contribution in [3.8, 4) is 11.5 Å². The third-order valence-electron chi connectivity index (χ3n) is 5.81. The number of nitrogens with zero attached hydrogens (tertiary/aromatic N) is 2. The first-order valence-electron chi connectivity index (χ1n) is 10.6. The molecule has 0 bridgehead atoms. The predicted molar refractivity (Wildman–Crippen MR) is 124 cm³/mol. The van der Waals surface area contributed by atoms with Crippen molar-refractivity contribution in [3.63, 3.8) is 0 Å². The number of piperazine rings is 1. The highest BCUT2D eigenvalue weighted by atomic mass is 16.5. The summed E-state index contributed by atoms with van der Waals surface area (Å²) in [5.41, 5.74) is 2.83. The molecule has 1 N–H and O–H groups in total. The van der Waals surface area contributed by atoms with Crippen LogP contribution in [0.15, 0.2) is 54.7 Å². The molecule has 0 unspecified atom stereocenters. The molecule has 2 amide bonds. The van der Waals surface area contributed by atoms with Crippen molar-refractivity contribution in [1.82, 2.24) is 14.8 Å². The number of carbonyl (C=O) groups is 2. The molecule has 0 radical (unpaired) electrons. The van der Waals surface area contributed by atoms with Crippen molar-refractivity contribution < 1.29 is 19.1 Å². The number of aromatic amines is 1. The van der Waals surface area contributed by atoms with E-state index >= 15 is 0 Å². The van der Waals surface area contributed by atoms with Gasteiger partial charge in [-0.05, 0) is 29.8 Å². The topological polar surface area (TPSA) is 74.9 Å². The quantitative estimate of drug-likeness (QED) is 0.606. The van der Waals surface area contributed by atoms with E-state index in [1.165, 1.54) is 0 Å². The zero-order valence-electron chi connectivity index (χ0n) is 18.3. The van der Waals surface area contributed by atoms with E-state index in [4.69, 9.17) is 9.47 Å². The molecule has 0 spiro atoms. The summed E-state index contributed by atoms with van der Waals surface area (Å²) in [6.07, 6.45) is 5.55. The second-order valence-corrected chi connectivity index (χ2v) is 7.68. The number of benzene rings is 2. The summed E-state index contributed by atoms with van der Waals surface area (Å²) < 4.78 is 10.6. The molecule has 166 valence electrons. The first kappa shape index (κ1) is 21.5. The zero-order chi connectivity index (χ0) is 22.5. The molecule has 2 heterocycles. The molecule has 0 saturated carbocycles. The van der Waals surface area contributed by atoms with E-state index in [0.717, 1.165) is 22.0 Å². The van der Waals surface area contributed by atoms with Crippen molar-refractivity contribution in [2.45, 2.75) is 6.42 Å². The van der Waals surface area contributed by atoms with Gasteiger partial charge in [0.25, 0.3) is 0 Å². The van der Waals surface area contributed by atoms with Crippen LogP contribution in [0, 0.1) is 0 Å². The van der Waals surface area contributed by atoms with Gasteiger partial charge in [-0.2, -0.15) is 0 Å². The molecule has 32 heavy (non-hydrogen) atoms. The summed E-state index contributed by atoms with van der Waals surface area (Å²) in [5.74, 6) is 1.34. The lowest BCUT2D eigenvalue weighted by Crippen LogP contribution is -2.50. The average molecular weight is 434 g/mol. The minimum Gasteiger partial charge on any atom is -0.497 e. The van der Waals surface area contributed by atoms with Crippen molar-refractivity contribution in [3.05, 3.63) is 65.9 Å². The van der Waals surface area contributed by atoms with Gasteiger partial charge in [0.15, 0.2) is 0 Å². The SMILES string of the molecule is COc1ccc(/C=C/C(=O)N2CCN(C(=O)Cc3c[nH]c4ccccc34)CC2)c(OC)c1. The number of amides is 2. The lowest BCUT2D eigenvalue weighted by atomic mass is 10.1. The van der Waals surface area contributed by atoms with E-state index in [1.54, 1.807) is 37.3 Å². The maximum atomic E-state index is 12.8. The van der Waals surface area contributed by atoms with Crippen LogP contribution < -0.4 is 9.47 Å². The van der Waals surface area contributed by atoms with Gasteiger partial charge in [-0.3, -0.25) is 9.59 Å². The number of H-pyrrole nitrogens is 1. The summed E-state index contributed by atoms with van der Waals surface area (Å²) in [7, 11) is 3.18. The van der Waals surface area contributed by atoms with Crippen LogP contribution in [0.4, 0.5) is 0 Å². The van der Waals surface area contributed by atoms with E-state index in [2.05, 4.69) is 4.98 Å². The van der Waals surface area contributed by atoms with E-state index in [0.29, 0.717) is 44.1 Å². The number of hydrogen-bond acceptors (Lipinski definition) is 4. The Morgan fingerprint density at radius 3 is 2.50 bits per heavy atom. The van der Waals surface area contributed by atoms with Gasteiger partial charge in [0.2, 0.25) is 11.8 Å². The third-order valence-corrected chi connectivity index (χ3v) is 5.81. The number of hydrogen-bond donors (Lipinski definition) is 1. The summed E-state index contributed by atoms with van der Waals surface area (Å²) in [6, 6.07) is 13.4. The van der Waals surface area contributed by atoms with Crippen LogP contribution in [0.5, 0.6) is 11.5 Å². The van der Waals surface area contributed by atoms with E-state index in [1.807, 2.05) is 47.5 Å². The van der Waals surface area contributed by atoms with E-state index in [9.17, 15) is 9.59 Å². The van der Waals surface area contributed by atoms with Gasteiger partial charge in [0, 0.05) is 61.0 Å². The molecular weight excluding hydrogens is 406 g/mol. The normalized spacial score (nSPS) is 14.2. The van der Waals surface area contributed by atoms with Crippen LogP contribution in [0.1, 0.15) is 11.1 Å². The predicted octanol–water partition coefficient (Wildman–Crippen LogP) is 3.11. The highest BCUT2D eigenvalue weighted by Crippen LogP contribution is 2.25. The first-order chi connectivity index (χ1) is 15.6. The monoisotopic (exact) mass is 433 g/mol. The fourth-order valence-electron chi connectivity index (χ4n) is 3.95. The molecule has 0 aliphatic carbocycles. The Bertz CT molecular complexity index is 1140. The Kier molecular flexibility index (Phi) is 6.44. The van der Waals surface area contributed by atoms with Crippen LogP contribution >= 0.6 is 0 Å². The summed E-state index contributed by atoms with van der Waals surface area (Å²) in [6.45, 7) is 2.10. The molecular formula is C25H27N3O4. The third kappa shape index (κ3) is 4.61. The molecule has 7 nitrogen and oxygen atoms in total. The number of nitrogens with one attached hydrogen (secondary N) is 1. The molecule has 1 aliphatic rings. The Morgan fingerprint density at radius 2 is 1.75 bits per heavy atom. The number of rotatable bonds is 6. The smallest absolute Gasteiger partial charge is 0.246 e. The Labute approximate surface area is 187 Å². The first-order valence-corrected chi connectivity index (χ1v) is 10.6. The molecule has 3 aromatic rings. The van der Waals surface area contributed by atoms with Crippen molar-refractivity contribution in [1.29, 1.82) is 0 Å². The van der Waals surface area contributed by atoms with Crippen molar-refractivity contribution in [2.75, 3.05) is 40.4 Å². The Balaban J connectivity index is 1.32. The number of carbonyl (C=O) groups excluding carboxylic acids is 2. The zero-order valence-corrected chi connectivity index (χ0v) is 18.3. The van der Waals surface area contributed by atoms with Gasteiger partial charge in [-0.1, -0.05) is 18.2 Å². The molecule has 0 atom stereocenters. The molecule has 2 aromatic carbocycles. The van der Waals surface area contributed by atoms with Gasteiger partial charge < -0.3 is 24.3 Å². The van der Waals surface area contributed by atoms with Gasteiger partial charge in [-0.15, -0.1) is 0 Å². The van der Waals surface area contributed by atoms with Crippen molar-refractivity contribution >= 4 is 28.8 Å². The lowest BCUT2D eigenvalue weighted by Gasteiger charge is -2.34. The lowest BCUT2D eigenvalue weighted by molar-refractivity contribution is -0.136. The highest BCUT2D eigenvalue weighted by Gasteiger charge is 2.23. The second kappa shape index (κ2) is 9.60. The summed E-state index contributed by atoms with van der Waals surface area (Å²) >= 11 is 0. The largest absolute Gasteiger partial charge is 0.497 e. The van der Waals surface area contributed by atoms with Crippen LogP contribution in [0.25, 0.3) is 17.0 Å². The molecule has 1 fully saturated rings. The van der Waals surface area contributed by atoms with Gasteiger partial charge in [0.05, 0.1) is 20.6 Å². The highest BCUT2D eigenvalue weighted by molar-refractivity contribution is 5.93. The van der Waals surface area contributed by atoms with Crippen LogP contribution in [0.3, 0.4) is 0 Å².